The number of H-pyrrole nitrogens is 1. The summed E-state index contributed by atoms with van der Waals surface area (Å²) in [5, 5.41) is 3.25. The number of rotatable bonds is 4. The molecule has 0 amide bonds. The number of fused-ring (bicyclic) bond motifs is 1. The third-order valence-electron chi connectivity index (χ3n) is 3.66. The van der Waals surface area contributed by atoms with Crippen molar-refractivity contribution in [2.75, 3.05) is 0 Å². The Balaban J connectivity index is 1.77. The Morgan fingerprint density at radius 3 is 2.62 bits per heavy atom. The largest absolute Gasteiger partial charge is 0.339 e. The zero-order valence-electron chi connectivity index (χ0n) is 12.1. The predicted molar refractivity (Wildman–Crippen MR) is 85.1 cm³/mol. The quantitative estimate of drug-likeness (QED) is 0.755. The molecule has 1 heterocycles. The molecule has 106 valence electrons. The molecule has 0 fully saturated rings. The van der Waals surface area contributed by atoms with Gasteiger partial charge in [-0.05, 0) is 30.5 Å². The maximum Gasteiger partial charge on any atom is 0.257 e. The molecule has 21 heavy (non-hydrogen) atoms. The summed E-state index contributed by atoms with van der Waals surface area (Å²) in [7, 11) is 0. The van der Waals surface area contributed by atoms with Crippen LogP contribution in [0.3, 0.4) is 0 Å². The van der Waals surface area contributed by atoms with E-state index in [0.717, 1.165) is 23.0 Å². The summed E-state index contributed by atoms with van der Waals surface area (Å²) in [6.45, 7) is 3.63. The van der Waals surface area contributed by atoms with E-state index >= 15 is 0 Å². The number of aromatic amines is 1. The molecule has 3 heteroatoms. The van der Waals surface area contributed by atoms with Crippen molar-refractivity contribution in [3.63, 3.8) is 0 Å². The molecule has 3 N–H and O–H groups in total. The molecule has 0 unspecified atom stereocenters. The van der Waals surface area contributed by atoms with Crippen LogP contribution < -0.4 is 10.9 Å². The number of hydrogen-bond acceptors (Lipinski definition) is 1. The highest BCUT2D eigenvalue weighted by Gasteiger charge is 2.05. The summed E-state index contributed by atoms with van der Waals surface area (Å²) < 4.78 is 0. The number of benzene rings is 2. The number of aromatic nitrogens is 1. The van der Waals surface area contributed by atoms with Gasteiger partial charge in [-0.2, -0.15) is 0 Å². The van der Waals surface area contributed by atoms with Gasteiger partial charge in [0.2, 0.25) is 0 Å². The first-order valence-electron chi connectivity index (χ1n) is 7.20. The van der Waals surface area contributed by atoms with Crippen LogP contribution in [0.1, 0.15) is 16.7 Å². The molecule has 3 nitrogen and oxygen atoms in total. The third-order valence-corrected chi connectivity index (χ3v) is 3.66. The molecular formula is C18H19N2O+. The number of quaternary nitrogens is 1. The van der Waals surface area contributed by atoms with Crippen molar-refractivity contribution in [1.82, 2.24) is 4.98 Å². The number of pyridine rings is 1. The van der Waals surface area contributed by atoms with E-state index in [2.05, 4.69) is 35.4 Å². The van der Waals surface area contributed by atoms with Gasteiger partial charge in [-0.1, -0.05) is 42.0 Å². The van der Waals surface area contributed by atoms with Gasteiger partial charge < -0.3 is 10.3 Å². The highest BCUT2D eigenvalue weighted by atomic mass is 16.1. The lowest BCUT2D eigenvalue weighted by molar-refractivity contribution is -0.686. The van der Waals surface area contributed by atoms with Gasteiger partial charge in [0.25, 0.3) is 5.56 Å². The van der Waals surface area contributed by atoms with Gasteiger partial charge in [0.1, 0.15) is 13.1 Å². The molecule has 0 aliphatic carbocycles. The molecule has 3 rings (SSSR count). The molecule has 0 spiro atoms. The fourth-order valence-electron chi connectivity index (χ4n) is 2.53. The van der Waals surface area contributed by atoms with E-state index < -0.39 is 0 Å². The van der Waals surface area contributed by atoms with Gasteiger partial charge in [-0.3, -0.25) is 4.79 Å². The van der Waals surface area contributed by atoms with E-state index in [0.29, 0.717) is 6.54 Å². The smallest absolute Gasteiger partial charge is 0.257 e. The minimum Gasteiger partial charge on any atom is -0.339 e. The summed E-state index contributed by atoms with van der Waals surface area (Å²) in [6, 6.07) is 18.4. The van der Waals surface area contributed by atoms with Gasteiger partial charge in [0.05, 0.1) is 5.56 Å². The topological polar surface area (TPSA) is 49.5 Å². The molecule has 2 aromatic carbocycles. The fraction of sp³-hybridized carbons (Fsp3) is 0.167. The third kappa shape index (κ3) is 3.20. The summed E-state index contributed by atoms with van der Waals surface area (Å²) in [5.74, 6) is 0. The first-order chi connectivity index (χ1) is 10.2. The number of nitrogens with one attached hydrogen (secondary N) is 1. The Morgan fingerprint density at radius 1 is 1.00 bits per heavy atom. The Labute approximate surface area is 123 Å². The molecular weight excluding hydrogens is 260 g/mol. The van der Waals surface area contributed by atoms with Crippen LogP contribution >= 0.6 is 0 Å². The van der Waals surface area contributed by atoms with Crippen LogP contribution in [-0.2, 0) is 13.1 Å². The van der Waals surface area contributed by atoms with Crippen molar-refractivity contribution in [3.8, 4) is 0 Å². The standard InChI is InChI=1S/C18H18N2O/c1-13-7-8-17-15(9-13)10-16(18(21)20-17)12-19-11-14-5-3-2-4-6-14/h2-10,19H,11-12H2,1H3,(H,20,21)/p+1. The zero-order valence-corrected chi connectivity index (χ0v) is 12.1. The molecule has 3 aromatic rings. The first kappa shape index (κ1) is 13.6. The number of aryl methyl sites for hydroxylation is 1. The van der Waals surface area contributed by atoms with Gasteiger partial charge in [0, 0.05) is 11.1 Å². The Kier molecular flexibility index (Phi) is 3.84. The van der Waals surface area contributed by atoms with Crippen LogP contribution in [0.25, 0.3) is 10.9 Å². The predicted octanol–water partition coefficient (Wildman–Crippen LogP) is 2.10. The van der Waals surface area contributed by atoms with Crippen LogP contribution in [-0.4, -0.2) is 4.98 Å². The van der Waals surface area contributed by atoms with E-state index in [-0.39, 0.29) is 5.56 Å². The Bertz CT molecular complexity index is 806. The second-order valence-electron chi connectivity index (χ2n) is 5.40. The van der Waals surface area contributed by atoms with Gasteiger partial charge in [-0.25, -0.2) is 0 Å². The van der Waals surface area contributed by atoms with Crippen molar-refractivity contribution < 1.29 is 5.32 Å². The van der Waals surface area contributed by atoms with E-state index in [9.17, 15) is 4.79 Å². The second kappa shape index (κ2) is 5.94. The van der Waals surface area contributed by atoms with Crippen LogP contribution in [0, 0.1) is 6.92 Å². The van der Waals surface area contributed by atoms with Crippen molar-refractivity contribution in [2.45, 2.75) is 20.0 Å². The number of nitrogens with two attached hydrogens (primary N) is 1. The summed E-state index contributed by atoms with van der Waals surface area (Å²) >= 11 is 0. The summed E-state index contributed by atoms with van der Waals surface area (Å²) in [5.41, 5.74) is 4.21. The van der Waals surface area contributed by atoms with Gasteiger partial charge in [0.15, 0.2) is 0 Å². The molecule has 0 radical (unpaired) electrons. The van der Waals surface area contributed by atoms with Crippen LogP contribution in [0.15, 0.2) is 59.4 Å². The molecule has 0 saturated heterocycles. The van der Waals surface area contributed by atoms with Crippen molar-refractivity contribution in [1.29, 1.82) is 0 Å². The fourth-order valence-corrected chi connectivity index (χ4v) is 2.53. The normalized spacial score (nSPS) is 10.9. The molecule has 0 aliphatic heterocycles. The lowest BCUT2D eigenvalue weighted by Gasteiger charge is -2.04. The van der Waals surface area contributed by atoms with Crippen molar-refractivity contribution in [3.05, 3.63) is 81.6 Å². The summed E-state index contributed by atoms with van der Waals surface area (Å²) in [4.78, 5) is 15.0. The average molecular weight is 279 g/mol. The maximum atomic E-state index is 12.1. The van der Waals surface area contributed by atoms with E-state index in [4.69, 9.17) is 0 Å². The minimum absolute atomic E-state index is 0.00987. The van der Waals surface area contributed by atoms with Gasteiger partial charge >= 0.3 is 0 Å². The summed E-state index contributed by atoms with van der Waals surface area (Å²) in [6.07, 6.45) is 0. The molecule has 0 atom stereocenters. The van der Waals surface area contributed by atoms with E-state index in [1.807, 2.05) is 36.4 Å². The Hall–Kier alpha value is -2.39. The molecule has 0 bridgehead atoms. The monoisotopic (exact) mass is 279 g/mol. The second-order valence-corrected chi connectivity index (χ2v) is 5.40. The number of hydrogen-bond donors (Lipinski definition) is 2. The van der Waals surface area contributed by atoms with Crippen LogP contribution in [0.2, 0.25) is 0 Å². The van der Waals surface area contributed by atoms with Crippen LogP contribution in [0.4, 0.5) is 0 Å². The molecule has 0 aliphatic rings. The first-order valence-corrected chi connectivity index (χ1v) is 7.20. The van der Waals surface area contributed by atoms with Gasteiger partial charge in [-0.15, -0.1) is 0 Å². The highest BCUT2D eigenvalue weighted by molar-refractivity contribution is 5.79. The maximum absolute atomic E-state index is 12.1. The molecule has 1 aromatic heterocycles. The Morgan fingerprint density at radius 2 is 1.81 bits per heavy atom. The average Bonchev–Trinajstić information content (AvgIpc) is 2.49. The molecule has 0 saturated carbocycles. The lowest BCUT2D eigenvalue weighted by atomic mass is 10.1. The van der Waals surface area contributed by atoms with Crippen LogP contribution in [0.5, 0.6) is 0 Å². The highest BCUT2D eigenvalue weighted by Crippen LogP contribution is 2.12. The lowest BCUT2D eigenvalue weighted by Crippen LogP contribution is -2.81. The SMILES string of the molecule is Cc1ccc2[nH]c(=O)c(C[NH2+]Cc3ccccc3)cc2c1. The van der Waals surface area contributed by atoms with Crippen molar-refractivity contribution in [2.24, 2.45) is 0 Å². The van der Waals surface area contributed by atoms with E-state index in [1.54, 1.807) is 0 Å². The minimum atomic E-state index is 0.00987. The van der Waals surface area contributed by atoms with Crippen molar-refractivity contribution >= 4 is 10.9 Å². The zero-order chi connectivity index (χ0) is 14.7. The van der Waals surface area contributed by atoms with E-state index in [1.165, 1.54) is 11.1 Å².